The van der Waals surface area contributed by atoms with Gasteiger partial charge in [0.15, 0.2) is 0 Å². The second-order valence-corrected chi connectivity index (χ2v) is 7.50. The van der Waals surface area contributed by atoms with Crippen LogP contribution in [0.3, 0.4) is 0 Å². The van der Waals surface area contributed by atoms with Crippen molar-refractivity contribution in [3.63, 3.8) is 0 Å². The van der Waals surface area contributed by atoms with Crippen LogP contribution in [0.25, 0.3) is 33.7 Å². The molecule has 3 aromatic heterocycles. The first-order chi connectivity index (χ1) is 15.6. The van der Waals surface area contributed by atoms with Crippen LogP contribution < -0.4 is 5.73 Å². The number of carbonyl (C=O) groups is 1. The molecule has 7 nitrogen and oxygen atoms in total. The molecular weight excluding hydrogens is 402 g/mol. The first-order valence-electron chi connectivity index (χ1n) is 10.3. The number of imidazole rings is 1. The lowest BCUT2D eigenvalue weighted by molar-refractivity contribution is 0.1000. The summed E-state index contributed by atoms with van der Waals surface area (Å²) in [5.74, 6) is -0.485. The van der Waals surface area contributed by atoms with Crippen LogP contribution in [0, 0.1) is 0 Å². The number of nitrogens with zero attached hydrogens (tertiary/aromatic N) is 4. The zero-order valence-corrected chi connectivity index (χ0v) is 17.2. The number of rotatable bonds is 6. The molecule has 0 bridgehead atoms. The van der Waals surface area contributed by atoms with E-state index >= 15 is 0 Å². The van der Waals surface area contributed by atoms with Crippen molar-refractivity contribution in [3.05, 3.63) is 96.6 Å². The molecule has 0 aliphatic heterocycles. The molecule has 0 spiro atoms. The second kappa shape index (κ2) is 8.13. The van der Waals surface area contributed by atoms with Crippen LogP contribution in [0.5, 0.6) is 0 Å². The number of pyridine rings is 1. The third-order valence-electron chi connectivity index (χ3n) is 5.51. The lowest BCUT2D eigenvalue weighted by atomic mass is 9.96. The Balaban J connectivity index is 1.56. The predicted molar refractivity (Wildman–Crippen MR) is 122 cm³/mol. The summed E-state index contributed by atoms with van der Waals surface area (Å²) in [5.41, 5.74) is 12.4. The quantitative estimate of drug-likeness (QED) is 0.437. The van der Waals surface area contributed by atoms with Crippen LogP contribution in [0.4, 0.5) is 0 Å². The molecule has 0 radical (unpaired) electrons. The molecule has 1 amide bonds. The Bertz CT molecular complexity index is 1420. The van der Waals surface area contributed by atoms with E-state index in [2.05, 4.69) is 16.1 Å². The smallest absolute Gasteiger partial charge is 0.248 e. The van der Waals surface area contributed by atoms with Gasteiger partial charge in [0, 0.05) is 36.3 Å². The van der Waals surface area contributed by atoms with E-state index in [0.29, 0.717) is 12.0 Å². The van der Waals surface area contributed by atoms with E-state index in [4.69, 9.17) is 5.73 Å². The number of hydrogen-bond donors (Lipinski definition) is 2. The number of aliphatic hydroxyl groups excluding tert-OH is 1. The van der Waals surface area contributed by atoms with Crippen LogP contribution >= 0.6 is 0 Å². The molecule has 2 aromatic carbocycles. The average molecular weight is 423 g/mol. The highest BCUT2D eigenvalue weighted by Gasteiger charge is 2.12. The molecule has 0 aliphatic rings. The molecule has 0 atom stereocenters. The minimum Gasteiger partial charge on any atom is -0.396 e. The van der Waals surface area contributed by atoms with Gasteiger partial charge in [0.2, 0.25) is 5.91 Å². The van der Waals surface area contributed by atoms with Gasteiger partial charge in [0.05, 0.1) is 17.6 Å². The summed E-state index contributed by atoms with van der Waals surface area (Å²) in [6, 6.07) is 19.4. The first kappa shape index (κ1) is 19.7. The van der Waals surface area contributed by atoms with E-state index in [1.807, 2.05) is 70.1 Å². The van der Waals surface area contributed by atoms with Crippen LogP contribution in [0.1, 0.15) is 15.9 Å². The summed E-state index contributed by atoms with van der Waals surface area (Å²) in [6.45, 7) is -0.0163. The highest BCUT2D eigenvalue weighted by molar-refractivity contribution is 5.94. The zero-order chi connectivity index (χ0) is 22.1. The van der Waals surface area contributed by atoms with Gasteiger partial charge in [0.1, 0.15) is 5.65 Å². The number of amides is 1. The van der Waals surface area contributed by atoms with Crippen LogP contribution in [-0.2, 0) is 6.42 Å². The molecule has 3 N–H and O–H groups in total. The average Bonchev–Trinajstić information content (AvgIpc) is 3.49. The highest BCUT2D eigenvalue weighted by Crippen LogP contribution is 2.29. The molecule has 5 aromatic rings. The Morgan fingerprint density at radius 1 is 1.00 bits per heavy atom. The summed E-state index contributed by atoms with van der Waals surface area (Å²) in [4.78, 5) is 16.2. The number of carbonyl (C=O) groups excluding carboxylic acids is 1. The fraction of sp³-hybridized carbons (Fsp3) is 0.0800. The fourth-order valence-electron chi connectivity index (χ4n) is 3.95. The first-order valence-corrected chi connectivity index (χ1v) is 10.3. The maximum atomic E-state index is 11.6. The van der Waals surface area contributed by atoms with E-state index in [0.717, 1.165) is 39.3 Å². The second-order valence-electron chi connectivity index (χ2n) is 7.50. The molecule has 3 heterocycles. The number of aliphatic hydroxyl groups is 1. The molecular formula is C25H21N5O2. The number of fused-ring (bicyclic) bond motifs is 1. The lowest BCUT2D eigenvalue weighted by Crippen LogP contribution is -2.11. The Hall–Kier alpha value is -4.23. The van der Waals surface area contributed by atoms with E-state index in [9.17, 15) is 9.90 Å². The minimum absolute atomic E-state index is 0.0163. The third-order valence-corrected chi connectivity index (χ3v) is 5.51. The van der Waals surface area contributed by atoms with Gasteiger partial charge in [-0.2, -0.15) is 5.10 Å². The maximum Gasteiger partial charge on any atom is 0.248 e. The summed E-state index contributed by atoms with van der Waals surface area (Å²) >= 11 is 0. The van der Waals surface area contributed by atoms with Gasteiger partial charge >= 0.3 is 0 Å². The minimum atomic E-state index is -0.485. The molecule has 0 aliphatic carbocycles. The number of aromatic nitrogens is 4. The van der Waals surface area contributed by atoms with Gasteiger partial charge in [-0.05, 0) is 65.6 Å². The third kappa shape index (κ3) is 3.55. The van der Waals surface area contributed by atoms with E-state index in [-0.39, 0.29) is 6.61 Å². The SMILES string of the molecule is NC(=O)c1ccc(-c2ccn3c(-c4cccc(-n5cccn5)c4)cnc3c2)c(CCO)c1. The van der Waals surface area contributed by atoms with Gasteiger partial charge in [-0.15, -0.1) is 0 Å². The zero-order valence-electron chi connectivity index (χ0n) is 17.2. The Morgan fingerprint density at radius 3 is 2.69 bits per heavy atom. The van der Waals surface area contributed by atoms with Crippen LogP contribution in [-0.4, -0.2) is 36.8 Å². The van der Waals surface area contributed by atoms with Crippen LogP contribution in [0.2, 0.25) is 0 Å². The molecule has 0 unspecified atom stereocenters. The monoisotopic (exact) mass is 423 g/mol. The van der Waals surface area contributed by atoms with Gasteiger partial charge in [-0.1, -0.05) is 18.2 Å². The van der Waals surface area contributed by atoms with Crippen molar-refractivity contribution in [2.75, 3.05) is 6.61 Å². The van der Waals surface area contributed by atoms with Crippen molar-refractivity contribution in [2.24, 2.45) is 5.73 Å². The van der Waals surface area contributed by atoms with Crippen molar-refractivity contribution < 1.29 is 9.90 Å². The Labute approximate surface area is 184 Å². The van der Waals surface area contributed by atoms with Crippen LogP contribution in [0.15, 0.2) is 85.5 Å². The fourth-order valence-corrected chi connectivity index (χ4v) is 3.95. The van der Waals surface area contributed by atoms with Crippen molar-refractivity contribution in [3.8, 4) is 28.1 Å². The van der Waals surface area contributed by atoms with Gasteiger partial charge in [0.25, 0.3) is 0 Å². The normalized spacial score (nSPS) is 11.2. The molecule has 7 heteroatoms. The Kier molecular flexibility index (Phi) is 5.01. The predicted octanol–water partition coefficient (Wildman–Crippen LogP) is 3.49. The number of benzene rings is 2. The highest BCUT2D eigenvalue weighted by atomic mass is 16.3. The summed E-state index contributed by atoms with van der Waals surface area (Å²) in [6.07, 6.45) is 7.93. The standard InChI is InChI=1S/C25H21N5O2/c26-25(32)20-5-6-22(18(13-20)8-12-31)17-7-11-29-23(16-27-24(29)15-17)19-3-1-4-21(14-19)30-10-2-9-28-30/h1-7,9-11,13-16,31H,8,12H2,(H2,26,32). The molecule has 5 rings (SSSR count). The maximum absolute atomic E-state index is 11.6. The molecule has 158 valence electrons. The van der Waals surface area contributed by atoms with Gasteiger partial charge < -0.3 is 10.8 Å². The number of hydrogen-bond acceptors (Lipinski definition) is 4. The largest absolute Gasteiger partial charge is 0.396 e. The molecule has 0 saturated heterocycles. The summed E-state index contributed by atoms with van der Waals surface area (Å²) in [7, 11) is 0. The molecule has 32 heavy (non-hydrogen) atoms. The van der Waals surface area contributed by atoms with Crippen molar-refractivity contribution >= 4 is 11.6 Å². The Morgan fingerprint density at radius 2 is 1.91 bits per heavy atom. The molecule has 0 fully saturated rings. The van der Waals surface area contributed by atoms with E-state index in [1.165, 1.54) is 0 Å². The van der Waals surface area contributed by atoms with Gasteiger partial charge in [-0.3, -0.25) is 9.20 Å². The van der Waals surface area contributed by atoms with Crippen molar-refractivity contribution in [1.29, 1.82) is 0 Å². The molecule has 0 saturated carbocycles. The number of primary amides is 1. The topological polar surface area (TPSA) is 98.4 Å². The van der Waals surface area contributed by atoms with E-state index in [1.54, 1.807) is 18.3 Å². The summed E-state index contributed by atoms with van der Waals surface area (Å²) in [5, 5.41) is 13.8. The number of nitrogens with two attached hydrogens (primary N) is 1. The lowest BCUT2D eigenvalue weighted by Gasteiger charge is -2.11. The van der Waals surface area contributed by atoms with Crippen molar-refractivity contribution in [2.45, 2.75) is 6.42 Å². The summed E-state index contributed by atoms with van der Waals surface area (Å²) < 4.78 is 3.86. The van der Waals surface area contributed by atoms with Crippen molar-refractivity contribution in [1.82, 2.24) is 19.2 Å². The van der Waals surface area contributed by atoms with Gasteiger partial charge in [-0.25, -0.2) is 9.67 Å². The van der Waals surface area contributed by atoms with E-state index < -0.39 is 5.91 Å².